The van der Waals surface area contributed by atoms with E-state index in [4.69, 9.17) is 0 Å². The summed E-state index contributed by atoms with van der Waals surface area (Å²) >= 11 is 1.96. The van der Waals surface area contributed by atoms with Crippen LogP contribution in [0.1, 0.15) is 57.9 Å². The van der Waals surface area contributed by atoms with Gasteiger partial charge in [0.2, 0.25) is 0 Å². The number of benzene rings is 6. The van der Waals surface area contributed by atoms with Crippen molar-refractivity contribution < 1.29 is 0 Å². The highest BCUT2D eigenvalue weighted by molar-refractivity contribution is 7.21. The van der Waals surface area contributed by atoms with Gasteiger partial charge in [-0.2, -0.15) is 0 Å². The maximum absolute atomic E-state index is 2.51. The van der Waals surface area contributed by atoms with Crippen LogP contribution in [0.15, 0.2) is 140 Å². The van der Waals surface area contributed by atoms with E-state index in [2.05, 4.69) is 152 Å². The van der Waals surface area contributed by atoms with Gasteiger partial charge in [0, 0.05) is 15.5 Å². The Hall–Kier alpha value is -5.24. The smallest absolute Gasteiger partial charge is 0.0430 e. The van der Waals surface area contributed by atoms with E-state index in [9.17, 15) is 0 Å². The summed E-state index contributed by atoms with van der Waals surface area (Å²) < 4.78 is 1.43. The maximum atomic E-state index is 2.51. The molecule has 0 radical (unpaired) electrons. The van der Waals surface area contributed by atoms with Gasteiger partial charge in [0.1, 0.15) is 0 Å². The fourth-order valence-electron chi connectivity index (χ4n) is 8.68. The first-order chi connectivity index (χ1) is 24.3. The van der Waals surface area contributed by atoms with Crippen molar-refractivity contribution in [3.8, 4) is 22.3 Å². The molecule has 3 aliphatic rings. The number of fused-ring (bicyclic) bond motifs is 7. The monoisotopic (exact) mass is 644 g/mol. The van der Waals surface area contributed by atoms with E-state index in [0.717, 1.165) is 32.1 Å². The molecule has 0 nitrogen and oxygen atoms in total. The summed E-state index contributed by atoms with van der Waals surface area (Å²) in [7, 11) is 0. The van der Waals surface area contributed by atoms with Crippen LogP contribution < -0.4 is 0 Å². The maximum Gasteiger partial charge on any atom is 0.0430 e. The molecule has 1 heteroatoms. The van der Waals surface area contributed by atoms with Crippen molar-refractivity contribution in [2.45, 2.75) is 38.0 Å². The second-order valence-electron chi connectivity index (χ2n) is 13.8. The van der Waals surface area contributed by atoms with Gasteiger partial charge >= 0.3 is 0 Å². The lowest BCUT2D eigenvalue weighted by molar-refractivity contribution is 0.818. The number of thiophene rings is 1. The summed E-state index contributed by atoms with van der Waals surface area (Å²) in [6, 6.07) is 41.0. The highest BCUT2D eigenvalue weighted by Gasteiger charge is 2.28. The fraction of sp³-hybridized carbons (Fsp3) is 0.125. The van der Waals surface area contributed by atoms with Gasteiger partial charge < -0.3 is 0 Å². The molecule has 7 aromatic rings. The number of rotatable bonds is 4. The Morgan fingerprint density at radius 2 is 1.35 bits per heavy atom. The lowest BCUT2D eigenvalue weighted by Gasteiger charge is -2.28. The van der Waals surface area contributed by atoms with Gasteiger partial charge in [-0.05, 0) is 139 Å². The molecule has 0 saturated carbocycles. The van der Waals surface area contributed by atoms with Gasteiger partial charge in [-0.15, -0.1) is 11.3 Å². The van der Waals surface area contributed by atoms with Gasteiger partial charge in [-0.1, -0.05) is 127 Å². The first-order valence-corrected chi connectivity index (χ1v) is 18.5. The first kappa shape index (κ1) is 28.7. The van der Waals surface area contributed by atoms with Crippen molar-refractivity contribution >= 4 is 60.7 Å². The van der Waals surface area contributed by atoms with E-state index >= 15 is 0 Å². The van der Waals surface area contributed by atoms with Crippen LogP contribution in [-0.4, -0.2) is 0 Å². The zero-order chi connectivity index (χ0) is 32.3. The normalized spacial score (nSPS) is 16.7. The molecule has 1 unspecified atom stereocenters. The summed E-state index contributed by atoms with van der Waals surface area (Å²) in [5.74, 6) is 0.335. The zero-order valence-electron chi connectivity index (χ0n) is 27.5. The van der Waals surface area contributed by atoms with Gasteiger partial charge in [0.15, 0.2) is 0 Å². The van der Waals surface area contributed by atoms with Crippen LogP contribution in [0.4, 0.5) is 0 Å². The Bertz CT molecular complexity index is 2570. The van der Waals surface area contributed by atoms with E-state index in [1.807, 2.05) is 11.3 Å². The Morgan fingerprint density at radius 1 is 0.571 bits per heavy atom. The van der Waals surface area contributed by atoms with Crippen LogP contribution >= 0.6 is 11.3 Å². The average molecular weight is 645 g/mol. The first-order valence-electron chi connectivity index (χ1n) is 17.7. The summed E-state index contributed by atoms with van der Waals surface area (Å²) in [5.41, 5.74) is 14.0. The Balaban J connectivity index is 1.18. The molecule has 1 aromatic heterocycles. The van der Waals surface area contributed by atoms with Crippen molar-refractivity contribution in [3.05, 3.63) is 172 Å². The molecule has 0 saturated heterocycles. The van der Waals surface area contributed by atoms with Crippen LogP contribution in [-0.2, 0) is 12.8 Å². The molecule has 1 heterocycles. The van der Waals surface area contributed by atoms with Crippen molar-refractivity contribution in [1.29, 1.82) is 0 Å². The Kier molecular flexibility index (Phi) is 6.88. The SMILES string of the molecule is C1=CCCC(c2cc(-c3ccccc3)cc(-c3c4c(c(C5C=Cc6sc7c(ccc8ccccc87)c6C5)c5ccccc35)CCC=C4)c2)=C1. The predicted octanol–water partition coefficient (Wildman–Crippen LogP) is 13.6. The van der Waals surface area contributed by atoms with Gasteiger partial charge in [0.25, 0.3) is 0 Å². The van der Waals surface area contributed by atoms with E-state index in [0.29, 0.717) is 5.92 Å². The topological polar surface area (TPSA) is 0 Å². The summed E-state index contributed by atoms with van der Waals surface area (Å²) in [5, 5.41) is 6.89. The highest BCUT2D eigenvalue weighted by Crippen LogP contribution is 2.48. The van der Waals surface area contributed by atoms with Crippen molar-refractivity contribution in [2.24, 2.45) is 0 Å². The molecule has 0 aliphatic heterocycles. The number of hydrogen-bond acceptors (Lipinski definition) is 1. The minimum Gasteiger partial charge on any atom is -0.135 e. The third-order valence-electron chi connectivity index (χ3n) is 11.0. The van der Waals surface area contributed by atoms with Crippen molar-refractivity contribution in [1.82, 2.24) is 0 Å². The van der Waals surface area contributed by atoms with Crippen LogP contribution in [0, 0.1) is 0 Å². The van der Waals surface area contributed by atoms with Crippen molar-refractivity contribution in [3.63, 3.8) is 0 Å². The van der Waals surface area contributed by atoms with E-state index in [-0.39, 0.29) is 0 Å². The lowest BCUT2D eigenvalue weighted by atomic mass is 9.75. The molecule has 0 spiro atoms. The van der Waals surface area contributed by atoms with Gasteiger partial charge in [0.05, 0.1) is 0 Å². The number of hydrogen-bond donors (Lipinski definition) is 0. The molecule has 0 amide bonds. The molecule has 10 rings (SSSR count). The lowest BCUT2D eigenvalue weighted by Crippen LogP contribution is -2.12. The second kappa shape index (κ2) is 11.7. The van der Waals surface area contributed by atoms with Crippen molar-refractivity contribution in [2.75, 3.05) is 0 Å². The summed E-state index contributed by atoms with van der Waals surface area (Å²) in [6.07, 6.45) is 22.0. The summed E-state index contributed by atoms with van der Waals surface area (Å²) in [4.78, 5) is 1.43. The van der Waals surface area contributed by atoms with Crippen LogP contribution in [0.2, 0.25) is 0 Å². The molecule has 0 N–H and O–H groups in total. The Morgan fingerprint density at radius 3 is 2.22 bits per heavy atom. The zero-order valence-corrected chi connectivity index (χ0v) is 28.3. The van der Waals surface area contributed by atoms with E-state index in [1.165, 1.54) is 92.2 Å². The largest absolute Gasteiger partial charge is 0.135 e. The molecule has 234 valence electrons. The molecule has 6 aromatic carbocycles. The molecular formula is C48H36S. The fourth-order valence-corrected chi connectivity index (χ4v) is 9.96. The molecule has 3 aliphatic carbocycles. The standard InChI is InChI=1S/C48H36S/c1-3-13-31(14-4-1)35-27-36(32-15-5-2-6-16-32)29-37(28-35)47-41-21-11-9-19-39(41)46(40-20-10-12-22-42(40)47)34-24-26-45-44(30-34)43-25-23-33-17-7-8-18-38(33)48(43)49-45/h1-5,7-9,11-15,17-19,21-29,34H,6,10,16,20,30H2. The van der Waals surface area contributed by atoms with Gasteiger partial charge in [-0.25, -0.2) is 0 Å². The molecular weight excluding hydrogens is 609 g/mol. The minimum absolute atomic E-state index is 0.335. The minimum atomic E-state index is 0.335. The third-order valence-corrected chi connectivity index (χ3v) is 12.2. The second-order valence-corrected chi connectivity index (χ2v) is 14.8. The van der Waals surface area contributed by atoms with Crippen LogP contribution in [0.5, 0.6) is 0 Å². The van der Waals surface area contributed by atoms with Gasteiger partial charge in [-0.3, -0.25) is 0 Å². The summed E-state index contributed by atoms with van der Waals surface area (Å²) in [6.45, 7) is 0. The highest BCUT2D eigenvalue weighted by atomic mass is 32.1. The molecule has 1 atom stereocenters. The van der Waals surface area contributed by atoms with Crippen LogP contribution in [0.25, 0.3) is 71.6 Å². The average Bonchev–Trinajstić information content (AvgIpc) is 3.56. The predicted molar refractivity (Wildman–Crippen MR) is 213 cm³/mol. The molecule has 0 fully saturated rings. The molecule has 49 heavy (non-hydrogen) atoms. The van der Waals surface area contributed by atoms with E-state index in [1.54, 1.807) is 0 Å². The van der Waals surface area contributed by atoms with Crippen LogP contribution in [0.3, 0.4) is 0 Å². The third kappa shape index (κ3) is 4.79. The Labute approximate surface area is 292 Å². The van der Waals surface area contributed by atoms with E-state index < -0.39 is 0 Å². The molecule has 0 bridgehead atoms. The number of allylic oxidation sites excluding steroid dienone is 6. The quantitative estimate of drug-likeness (QED) is 0.179.